The standard InChI is InChI=1S/C34H23O3P/c1-20-15-29-32(16-21(20)2)38(35)33-27-10-6-5-8-23(27)13-14-28(33)36-30-18-26(19-31(37-29)34(30)38)25-12-11-22-7-3-4-9-24(22)17-25/h3-19H,1-2H3. The molecule has 0 spiro atoms. The fourth-order valence-electron chi connectivity index (χ4n) is 5.92. The van der Waals surface area contributed by atoms with E-state index in [0.717, 1.165) is 49.0 Å². The average Bonchev–Trinajstić information content (AvgIpc) is 2.93. The van der Waals surface area contributed by atoms with Gasteiger partial charge in [0.1, 0.15) is 28.3 Å². The molecule has 6 aromatic rings. The van der Waals surface area contributed by atoms with Gasteiger partial charge in [0, 0.05) is 0 Å². The van der Waals surface area contributed by atoms with Crippen LogP contribution in [0.15, 0.2) is 103 Å². The highest BCUT2D eigenvalue weighted by molar-refractivity contribution is 7.86. The highest BCUT2D eigenvalue weighted by Crippen LogP contribution is 2.60. The average molecular weight is 511 g/mol. The Kier molecular flexibility index (Phi) is 4.34. The Labute approximate surface area is 220 Å². The topological polar surface area (TPSA) is 35.5 Å². The molecule has 0 saturated heterocycles. The first kappa shape index (κ1) is 21.7. The van der Waals surface area contributed by atoms with Crippen molar-refractivity contribution in [2.45, 2.75) is 13.8 Å². The van der Waals surface area contributed by atoms with E-state index < -0.39 is 7.14 Å². The number of aryl methyl sites for hydroxylation is 2. The van der Waals surface area contributed by atoms with Gasteiger partial charge < -0.3 is 14.0 Å². The second-order valence-electron chi connectivity index (χ2n) is 10.2. The molecule has 182 valence electrons. The van der Waals surface area contributed by atoms with Crippen LogP contribution in [0, 0.1) is 13.8 Å². The van der Waals surface area contributed by atoms with Crippen LogP contribution in [0.4, 0.5) is 0 Å². The van der Waals surface area contributed by atoms with E-state index in [0.29, 0.717) is 28.3 Å². The number of hydrogen-bond acceptors (Lipinski definition) is 3. The molecule has 0 radical (unpaired) electrons. The van der Waals surface area contributed by atoms with Crippen molar-refractivity contribution in [3.8, 4) is 34.1 Å². The third-order valence-electron chi connectivity index (χ3n) is 7.97. The minimum absolute atomic E-state index is 0.598. The van der Waals surface area contributed by atoms with E-state index in [1.165, 1.54) is 5.39 Å². The molecule has 0 amide bonds. The molecule has 0 aromatic heterocycles. The molecule has 3 nitrogen and oxygen atoms in total. The van der Waals surface area contributed by atoms with Gasteiger partial charge in [-0.1, -0.05) is 66.7 Å². The third kappa shape index (κ3) is 2.88. The SMILES string of the molecule is Cc1cc2c(cc1C)P1(=O)c3c(cc(-c4ccc5ccccc5c4)cc3Oc3ccc4ccccc4c31)O2. The van der Waals surface area contributed by atoms with Crippen molar-refractivity contribution in [3.05, 3.63) is 114 Å². The second-order valence-corrected chi connectivity index (χ2v) is 12.8. The molecule has 0 aliphatic carbocycles. The lowest BCUT2D eigenvalue weighted by Crippen LogP contribution is -2.35. The highest BCUT2D eigenvalue weighted by atomic mass is 31.2. The molecule has 0 bridgehead atoms. The van der Waals surface area contributed by atoms with Crippen LogP contribution in [-0.2, 0) is 4.57 Å². The Morgan fingerprint density at radius 3 is 2.00 bits per heavy atom. The summed E-state index contributed by atoms with van der Waals surface area (Å²) in [4.78, 5) is 0. The van der Waals surface area contributed by atoms with Crippen molar-refractivity contribution < 1.29 is 14.0 Å². The Bertz CT molecular complexity index is 2040. The largest absolute Gasteiger partial charge is 0.456 e. The highest BCUT2D eigenvalue weighted by Gasteiger charge is 2.47. The predicted molar refractivity (Wildman–Crippen MR) is 156 cm³/mol. The summed E-state index contributed by atoms with van der Waals surface area (Å²) < 4.78 is 28.8. The van der Waals surface area contributed by atoms with Crippen molar-refractivity contribution in [2.24, 2.45) is 0 Å². The van der Waals surface area contributed by atoms with Crippen LogP contribution < -0.4 is 25.4 Å². The number of rotatable bonds is 1. The van der Waals surface area contributed by atoms with Crippen LogP contribution >= 0.6 is 7.14 Å². The Hall–Kier alpha value is -4.33. The van der Waals surface area contributed by atoms with E-state index in [1.807, 2.05) is 66.7 Å². The van der Waals surface area contributed by atoms with Crippen LogP contribution in [0.25, 0.3) is 32.7 Å². The molecule has 4 heteroatoms. The molecule has 2 aliphatic heterocycles. The summed E-state index contributed by atoms with van der Waals surface area (Å²) in [6.45, 7) is 4.13. The first-order chi connectivity index (χ1) is 18.5. The van der Waals surface area contributed by atoms with Gasteiger partial charge >= 0.3 is 0 Å². The fraction of sp³-hybridized carbons (Fsp3) is 0.0588. The Morgan fingerprint density at radius 1 is 0.526 bits per heavy atom. The zero-order valence-corrected chi connectivity index (χ0v) is 21.9. The Balaban J connectivity index is 1.45. The van der Waals surface area contributed by atoms with Crippen molar-refractivity contribution in [1.82, 2.24) is 0 Å². The molecular weight excluding hydrogens is 487 g/mol. The van der Waals surface area contributed by atoms with Gasteiger partial charge in [-0.3, -0.25) is 0 Å². The molecule has 1 unspecified atom stereocenters. The van der Waals surface area contributed by atoms with Crippen LogP contribution in [0.3, 0.4) is 0 Å². The lowest BCUT2D eigenvalue weighted by molar-refractivity contribution is 0.462. The summed E-state index contributed by atoms with van der Waals surface area (Å²) >= 11 is 0. The van der Waals surface area contributed by atoms with Gasteiger partial charge in [0.05, 0.1) is 10.6 Å². The zero-order chi connectivity index (χ0) is 25.6. The summed E-state index contributed by atoms with van der Waals surface area (Å²) in [6, 6.07) is 35.0. The Morgan fingerprint density at radius 2 is 1.18 bits per heavy atom. The van der Waals surface area contributed by atoms with Crippen LogP contribution in [0.1, 0.15) is 11.1 Å². The van der Waals surface area contributed by atoms with Gasteiger partial charge in [-0.15, -0.1) is 0 Å². The van der Waals surface area contributed by atoms with E-state index in [1.54, 1.807) is 0 Å². The summed E-state index contributed by atoms with van der Waals surface area (Å²) in [5, 5.41) is 6.51. The maximum Gasteiger partial charge on any atom is 0.186 e. The van der Waals surface area contributed by atoms with E-state index in [4.69, 9.17) is 9.47 Å². The van der Waals surface area contributed by atoms with Crippen LogP contribution in [-0.4, -0.2) is 0 Å². The molecule has 38 heavy (non-hydrogen) atoms. The lowest BCUT2D eigenvalue weighted by Gasteiger charge is -2.36. The summed E-state index contributed by atoms with van der Waals surface area (Å²) in [6.07, 6.45) is 0. The van der Waals surface area contributed by atoms with E-state index in [9.17, 15) is 0 Å². The molecule has 2 aliphatic rings. The van der Waals surface area contributed by atoms with Gasteiger partial charge in [-0.05, 0) is 94.0 Å². The molecular formula is C34H23O3P. The van der Waals surface area contributed by atoms with Crippen molar-refractivity contribution in [3.63, 3.8) is 0 Å². The van der Waals surface area contributed by atoms with E-state index in [2.05, 4.69) is 50.2 Å². The number of fused-ring (bicyclic) bond motifs is 7. The minimum atomic E-state index is -3.31. The number of benzene rings is 6. The first-order valence-electron chi connectivity index (χ1n) is 12.8. The molecule has 6 aromatic carbocycles. The van der Waals surface area contributed by atoms with Gasteiger partial charge in [-0.25, -0.2) is 0 Å². The van der Waals surface area contributed by atoms with Crippen molar-refractivity contribution in [2.75, 3.05) is 0 Å². The van der Waals surface area contributed by atoms with Crippen LogP contribution in [0.5, 0.6) is 23.0 Å². The molecule has 0 fully saturated rings. The first-order valence-corrected chi connectivity index (χ1v) is 14.5. The van der Waals surface area contributed by atoms with Crippen molar-refractivity contribution >= 4 is 44.6 Å². The van der Waals surface area contributed by atoms with Crippen molar-refractivity contribution in [1.29, 1.82) is 0 Å². The minimum Gasteiger partial charge on any atom is -0.456 e. The zero-order valence-electron chi connectivity index (χ0n) is 21.0. The molecule has 2 heterocycles. The van der Waals surface area contributed by atoms with Gasteiger partial charge in [0.15, 0.2) is 7.14 Å². The summed E-state index contributed by atoms with van der Waals surface area (Å²) in [5.41, 5.74) is 4.22. The van der Waals surface area contributed by atoms with Gasteiger partial charge in [-0.2, -0.15) is 0 Å². The van der Waals surface area contributed by atoms with Gasteiger partial charge in [0.2, 0.25) is 0 Å². The lowest BCUT2D eigenvalue weighted by atomic mass is 10.0. The van der Waals surface area contributed by atoms with Crippen LogP contribution in [0.2, 0.25) is 0 Å². The molecule has 0 N–H and O–H groups in total. The third-order valence-corrected chi connectivity index (χ3v) is 11.2. The molecule has 1 atom stereocenters. The van der Waals surface area contributed by atoms with E-state index in [-0.39, 0.29) is 0 Å². The number of hydrogen-bond donors (Lipinski definition) is 0. The smallest absolute Gasteiger partial charge is 0.186 e. The maximum absolute atomic E-state index is 15.7. The number of ether oxygens (including phenoxy) is 2. The second kappa shape index (κ2) is 7.60. The quantitative estimate of drug-likeness (QED) is 0.209. The van der Waals surface area contributed by atoms with Gasteiger partial charge in [0.25, 0.3) is 0 Å². The van der Waals surface area contributed by atoms with E-state index >= 15 is 4.57 Å². The summed E-state index contributed by atoms with van der Waals surface area (Å²) in [5.74, 6) is 2.50. The molecule has 0 saturated carbocycles. The normalized spacial score (nSPS) is 16.8. The monoisotopic (exact) mass is 510 g/mol. The fourth-order valence-corrected chi connectivity index (χ4v) is 9.23. The predicted octanol–water partition coefficient (Wildman–Crippen LogP) is 8.13. The summed E-state index contributed by atoms with van der Waals surface area (Å²) in [7, 11) is -3.31. The molecule has 8 rings (SSSR count). The maximum atomic E-state index is 15.7.